The van der Waals surface area contributed by atoms with Gasteiger partial charge in [-0.2, -0.15) is 0 Å². The second kappa shape index (κ2) is 9.37. The molecule has 0 radical (unpaired) electrons. The van der Waals surface area contributed by atoms with Crippen LogP contribution >= 0.6 is 0 Å². The van der Waals surface area contributed by atoms with Crippen molar-refractivity contribution in [1.29, 1.82) is 0 Å². The van der Waals surface area contributed by atoms with E-state index < -0.39 is 17.8 Å². The lowest BCUT2D eigenvalue weighted by Crippen LogP contribution is -2.28. The van der Waals surface area contributed by atoms with Crippen LogP contribution in [0.4, 0.5) is 11.4 Å². The Labute approximate surface area is 170 Å². The molecule has 2 aromatic carbocycles. The third-order valence-electron chi connectivity index (χ3n) is 5.11. The monoisotopic (exact) mass is 394 g/mol. The number of rotatable bonds is 7. The summed E-state index contributed by atoms with van der Waals surface area (Å²) in [6, 6.07) is 15.2. The zero-order chi connectivity index (χ0) is 20.8. The van der Waals surface area contributed by atoms with Crippen LogP contribution in [0, 0.1) is 5.92 Å². The maximum atomic E-state index is 12.3. The van der Waals surface area contributed by atoms with Crippen LogP contribution in [0.15, 0.2) is 48.5 Å². The highest BCUT2D eigenvalue weighted by molar-refractivity contribution is 6.00. The Hall–Kier alpha value is -3.15. The first-order valence-corrected chi connectivity index (χ1v) is 9.94. The minimum atomic E-state index is -0.565. The van der Waals surface area contributed by atoms with E-state index >= 15 is 0 Å². The molecule has 2 amide bonds. The number of amides is 2. The van der Waals surface area contributed by atoms with Crippen molar-refractivity contribution >= 4 is 29.2 Å². The Morgan fingerprint density at radius 2 is 1.59 bits per heavy atom. The molecule has 0 bridgehead atoms. The van der Waals surface area contributed by atoms with Crippen molar-refractivity contribution in [3.63, 3.8) is 0 Å². The van der Waals surface area contributed by atoms with Crippen molar-refractivity contribution in [2.75, 3.05) is 23.4 Å². The molecule has 1 heterocycles. The highest BCUT2D eigenvalue weighted by Crippen LogP contribution is 2.26. The Bertz CT molecular complexity index is 875. The third-order valence-corrected chi connectivity index (χ3v) is 5.11. The van der Waals surface area contributed by atoms with E-state index in [0.717, 1.165) is 18.5 Å². The van der Waals surface area contributed by atoms with Gasteiger partial charge in [0.15, 0.2) is 6.61 Å². The van der Waals surface area contributed by atoms with Crippen LogP contribution in [0.5, 0.6) is 0 Å². The van der Waals surface area contributed by atoms with Gasteiger partial charge in [-0.1, -0.05) is 38.1 Å². The summed E-state index contributed by atoms with van der Waals surface area (Å²) in [6.07, 6.45) is 1.94. The minimum Gasteiger partial charge on any atom is -0.455 e. The van der Waals surface area contributed by atoms with Crippen molar-refractivity contribution in [3.05, 3.63) is 59.7 Å². The second-order valence-electron chi connectivity index (χ2n) is 7.13. The summed E-state index contributed by atoms with van der Waals surface area (Å²) in [4.78, 5) is 38.3. The molecule has 6 heteroatoms. The first-order chi connectivity index (χ1) is 14.0. The van der Waals surface area contributed by atoms with Gasteiger partial charge in [0, 0.05) is 24.3 Å². The van der Waals surface area contributed by atoms with E-state index in [4.69, 9.17) is 4.74 Å². The molecular weight excluding hydrogens is 368 g/mol. The van der Waals surface area contributed by atoms with E-state index in [1.807, 2.05) is 48.5 Å². The van der Waals surface area contributed by atoms with Crippen molar-refractivity contribution in [3.8, 4) is 0 Å². The summed E-state index contributed by atoms with van der Waals surface area (Å²) in [5.74, 6) is -1.61. The van der Waals surface area contributed by atoms with Crippen LogP contribution in [0.3, 0.4) is 0 Å². The Morgan fingerprint density at radius 1 is 1.00 bits per heavy atom. The van der Waals surface area contributed by atoms with Crippen molar-refractivity contribution in [2.45, 2.75) is 33.1 Å². The molecule has 3 rings (SSSR count). The van der Waals surface area contributed by atoms with Crippen molar-refractivity contribution in [1.82, 2.24) is 0 Å². The lowest BCUT2D eigenvalue weighted by molar-refractivity contribution is -0.151. The van der Waals surface area contributed by atoms with Gasteiger partial charge in [0.05, 0.1) is 5.92 Å². The summed E-state index contributed by atoms with van der Waals surface area (Å²) < 4.78 is 5.14. The predicted octanol–water partition coefficient (Wildman–Crippen LogP) is 3.35. The third kappa shape index (κ3) is 5.22. The average molecular weight is 394 g/mol. The molecule has 29 heavy (non-hydrogen) atoms. The van der Waals surface area contributed by atoms with Crippen LogP contribution in [-0.4, -0.2) is 30.9 Å². The molecule has 1 aliphatic heterocycles. The SMILES string of the molecule is CCc1ccc(NC(=O)COC(=O)[C@H]2CC(=O)N(c3ccc(CC)cc3)C2)cc1. The molecular formula is C23H26N2O4. The fourth-order valence-electron chi connectivity index (χ4n) is 3.30. The number of benzene rings is 2. The molecule has 2 aromatic rings. The number of hydrogen-bond donors (Lipinski definition) is 1. The Morgan fingerprint density at radius 3 is 2.17 bits per heavy atom. The van der Waals surface area contributed by atoms with Gasteiger partial charge in [0.1, 0.15) is 0 Å². The molecule has 152 valence electrons. The molecule has 0 spiro atoms. The molecule has 1 fully saturated rings. The van der Waals surface area contributed by atoms with E-state index in [2.05, 4.69) is 19.2 Å². The normalized spacial score (nSPS) is 16.0. The largest absolute Gasteiger partial charge is 0.455 e. The van der Waals surface area contributed by atoms with E-state index in [-0.39, 0.29) is 25.5 Å². The van der Waals surface area contributed by atoms with Crippen LogP contribution < -0.4 is 10.2 Å². The van der Waals surface area contributed by atoms with E-state index in [1.165, 1.54) is 11.1 Å². The summed E-state index contributed by atoms with van der Waals surface area (Å²) in [5.41, 5.74) is 3.79. The van der Waals surface area contributed by atoms with Crippen molar-refractivity contribution < 1.29 is 19.1 Å². The van der Waals surface area contributed by atoms with Gasteiger partial charge >= 0.3 is 5.97 Å². The number of esters is 1. The number of anilines is 2. The van der Waals surface area contributed by atoms with Crippen LogP contribution in [-0.2, 0) is 32.0 Å². The number of aryl methyl sites for hydroxylation is 2. The van der Waals surface area contributed by atoms with Crippen LogP contribution in [0.2, 0.25) is 0 Å². The predicted molar refractivity (Wildman–Crippen MR) is 112 cm³/mol. The number of carbonyl (C=O) groups is 3. The zero-order valence-corrected chi connectivity index (χ0v) is 16.8. The van der Waals surface area contributed by atoms with Gasteiger partial charge < -0.3 is 15.0 Å². The topological polar surface area (TPSA) is 75.7 Å². The molecule has 1 aliphatic rings. The van der Waals surface area contributed by atoms with E-state index in [0.29, 0.717) is 5.69 Å². The molecule has 1 atom stereocenters. The highest BCUT2D eigenvalue weighted by atomic mass is 16.5. The van der Waals surface area contributed by atoms with E-state index in [1.54, 1.807) is 4.90 Å². The van der Waals surface area contributed by atoms with Crippen LogP contribution in [0.1, 0.15) is 31.4 Å². The molecule has 0 unspecified atom stereocenters. The Kier molecular flexibility index (Phi) is 6.65. The maximum absolute atomic E-state index is 12.3. The molecule has 1 N–H and O–H groups in total. The van der Waals surface area contributed by atoms with Crippen molar-refractivity contribution in [2.24, 2.45) is 5.92 Å². The number of hydrogen-bond acceptors (Lipinski definition) is 4. The fraction of sp³-hybridized carbons (Fsp3) is 0.348. The summed E-state index contributed by atoms with van der Waals surface area (Å²) in [5, 5.41) is 2.70. The molecule has 0 aliphatic carbocycles. The fourth-order valence-corrected chi connectivity index (χ4v) is 3.30. The quantitative estimate of drug-likeness (QED) is 0.731. The number of nitrogens with zero attached hydrogens (tertiary/aromatic N) is 1. The van der Waals surface area contributed by atoms with Gasteiger partial charge in [-0.3, -0.25) is 14.4 Å². The second-order valence-corrected chi connectivity index (χ2v) is 7.13. The summed E-state index contributed by atoms with van der Waals surface area (Å²) >= 11 is 0. The van der Waals surface area contributed by atoms with Gasteiger partial charge in [-0.15, -0.1) is 0 Å². The molecule has 1 saturated heterocycles. The maximum Gasteiger partial charge on any atom is 0.311 e. The number of carbonyl (C=O) groups excluding carboxylic acids is 3. The lowest BCUT2D eigenvalue weighted by atomic mass is 10.1. The zero-order valence-electron chi connectivity index (χ0n) is 16.8. The van der Waals surface area contributed by atoms with Gasteiger partial charge in [0.25, 0.3) is 5.91 Å². The standard InChI is InChI=1S/C23H26N2O4/c1-3-16-5-9-19(10-6-16)24-21(26)15-29-23(28)18-13-22(27)25(14-18)20-11-7-17(4-2)8-12-20/h5-12,18H,3-4,13-15H2,1-2H3,(H,24,26)/t18-/m0/s1. The smallest absolute Gasteiger partial charge is 0.311 e. The van der Waals surface area contributed by atoms with E-state index in [9.17, 15) is 14.4 Å². The molecule has 0 saturated carbocycles. The van der Waals surface area contributed by atoms with Gasteiger partial charge in [-0.25, -0.2) is 0 Å². The summed E-state index contributed by atoms with van der Waals surface area (Å²) in [7, 11) is 0. The van der Waals surface area contributed by atoms with Gasteiger partial charge in [0.2, 0.25) is 5.91 Å². The molecule has 6 nitrogen and oxygen atoms in total. The van der Waals surface area contributed by atoms with Crippen LogP contribution in [0.25, 0.3) is 0 Å². The average Bonchev–Trinajstić information content (AvgIpc) is 3.14. The first kappa shape index (κ1) is 20.6. The number of ether oxygens (including phenoxy) is 1. The first-order valence-electron chi connectivity index (χ1n) is 9.94. The molecule has 0 aromatic heterocycles. The lowest BCUT2D eigenvalue weighted by Gasteiger charge is -2.17. The summed E-state index contributed by atoms with van der Waals surface area (Å²) in [6.45, 7) is 4.02. The highest BCUT2D eigenvalue weighted by Gasteiger charge is 2.36. The number of nitrogens with one attached hydrogen (secondary N) is 1. The minimum absolute atomic E-state index is 0.0917. The van der Waals surface area contributed by atoms with Gasteiger partial charge in [-0.05, 0) is 48.2 Å². The Balaban J connectivity index is 1.50.